The SMILES string of the molecule is CCn1cnc2sc(C(=O)NC(C)(C)C)c(C)c2c1=O. The maximum Gasteiger partial charge on any atom is 0.262 e. The third kappa shape index (κ3) is 2.60. The Bertz CT molecular complexity index is 722. The lowest BCUT2D eigenvalue weighted by atomic mass is 10.1. The van der Waals surface area contributed by atoms with Crippen LogP contribution in [0, 0.1) is 6.92 Å². The van der Waals surface area contributed by atoms with Crippen LogP contribution in [0.2, 0.25) is 0 Å². The van der Waals surface area contributed by atoms with Crippen LogP contribution in [0.3, 0.4) is 0 Å². The minimum absolute atomic E-state index is 0.0824. The number of aromatic nitrogens is 2. The summed E-state index contributed by atoms with van der Waals surface area (Å²) in [6.45, 7) is 10.0. The first-order valence-corrected chi connectivity index (χ1v) is 7.37. The van der Waals surface area contributed by atoms with Crippen LogP contribution in [-0.4, -0.2) is 21.0 Å². The minimum atomic E-state index is -0.309. The number of nitrogens with one attached hydrogen (secondary N) is 1. The normalized spacial score (nSPS) is 11.8. The molecule has 0 unspecified atom stereocenters. The number of amides is 1. The molecule has 108 valence electrons. The number of rotatable bonds is 2. The molecule has 0 bridgehead atoms. The molecule has 0 radical (unpaired) electrons. The van der Waals surface area contributed by atoms with Crippen LogP contribution in [0.25, 0.3) is 10.2 Å². The highest BCUT2D eigenvalue weighted by Gasteiger charge is 2.22. The van der Waals surface area contributed by atoms with Gasteiger partial charge in [0.2, 0.25) is 0 Å². The molecule has 0 saturated carbocycles. The predicted octanol–water partition coefficient (Wildman–Crippen LogP) is 2.31. The molecule has 5 nitrogen and oxygen atoms in total. The van der Waals surface area contributed by atoms with Crippen molar-refractivity contribution in [3.8, 4) is 0 Å². The Labute approximate surface area is 121 Å². The second-order valence-corrected chi connectivity index (χ2v) is 6.78. The van der Waals surface area contributed by atoms with Gasteiger partial charge in [-0.25, -0.2) is 4.98 Å². The largest absolute Gasteiger partial charge is 0.347 e. The first-order valence-electron chi connectivity index (χ1n) is 6.55. The standard InChI is InChI=1S/C14H19N3O2S/c1-6-17-7-15-12-9(13(17)19)8(2)10(20-12)11(18)16-14(3,4)5/h7H,6H2,1-5H3,(H,16,18). The van der Waals surface area contributed by atoms with Crippen molar-refractivity contribution in [1.82, 2.24) is 14.9 Å². The summed E-state index contributed by atoms with van der Waals surface area (Å²) in [5.41, 5.74) is 0.324. The highest BCUT2D eigenvalue weighted by atomic mass is 32.1. The summed E-state index contributed by atoms with van der Waals surface area (Å²) in [4.78, 5) is 30.0. The molecule has 6 heteroatoms. The van der Waals surface area contributed by atoms with E-state index in [0.717, 1.165) is 0 Å². The van der Waals surface area contributed by atoms with Crippen LogP contribution < -0.4 is 10.9 Å². The van der Waals surface area contributed by atoms with Crippen LogP contribution in [0.1, 0.15) is 42.9 Å². The zero-order valence-corrected chi connectivity index (χ0v) is 13.2. The van der Waals surface area contributed by atoms with Gasteiger partial charge in [-0.05, 0) is 40.2 Å². The number of nitrogens with zero attached hydrogens (tertiary/aromatic N) is 2. The number of aryl methyl sites for hydroxylation is 2. The fourth-order valence-corrected chi connectivity index (χ4v) is 3.03. The average molecular weight is 293 g/mol. The number of hydrogen-bond acceptors (Lipinski definition) is 4. The zero-order valence-electron chi connectivity index (χ0n) is 12.4. The Morgan fingerprint density at radius 3 is 2.65 bits per heavy atom. The molecule has 2 aromatic rings. The quantitative estimate of drug-likeness (QED) is 0.924. The average Bonchev–Trinajstić information content (AvgIpc) is 2.66. The van der Waals surface area contributed by atoms with Gasteiger partial charge in [0.25, 0.3) is 11.5 Å². The zero-order chi connectivity index (χ0) is 15.1. The summed E-state index contributed by atoms with van der Waals surface area (Å²) in [5, 5.41) is 3.47. The molecule has 20 heavy (non-hydrogen) atoms. The van der Waals surface area contributed by atoms with E-state index in [1.54, 1.807) is 11.5 Å². The van der Waals surface area contributed by atoms with Gasteiger partial charge in [0, 0.05) is 12.1 Å². The summed E-state index contributed by atoms with van der Waals surface area (Å²) < 4.78 is 1.55. The van der Waals surface area contributed by atoms with Gasteiger partial charge in [-0.3, -0.25) is 14.2 Å². The lowest BCUT2D eigenvalue weighted by molar-refractivity contribution is 0.0923. The van der Waals surface area contributed by atoms with E-state index in [0.29, 0.717) is 27.2 Å². The molecule has 0 aliphatic heterocycles. The van der Waals surface area contributed by atoms with Crippen molar-refractivity contribution in [3.05, 3.63) is 27.1 Å². The Morgan fingerprint density at radius 1 is 1.45 bits per heavy atom. The second kappa shape index (κ2) is 5.01. The molecule has 0 spiro atoms. The smallest absolute Gasteiger partial charge is 0.262 e. The Balaban J connectivity index is 2.58. The molecular formula is C14H19N3O2S. The molecule has 2 aromatic heterocycles. The molecule has 0 fully saturated rings. The fourth-order valence-electron chi connectivity index (χ4n) is 2.00. The molecule has 0 aromatic carbocycles. The fraction of sp³-hybridized carbons (Fsp3) is 0.500. The van der Waals surface area contributed by atoms with Crippen molar-refractivity contribution in [2.45, 2.75) is 46.7 Å². The van der Waals surface area contributed by atoms with Gasteiger partial charge >= 0.3 is 0 Å². The van der Waals surface area contributed by atoms with Crippen molar-refractivity contribution in [3.63, 3.8) is 0 Å². The van der Waals surface area contributed by atoms with E-state index < -0.39 is 0 Å². The summed E-state index contributed by atoms with van der Waals surface area (Å²) >= 11 is 1.27. The van der Waals surface area contributed by atoms with Gasteiger partial charge in [-0.15, -0.1) is 11.3 Å². The first kappa shape index (κ1) is 14.7. The van der Waals surface area contributed by atoms with Crippen LogP contribution in [-0.2, 0) is 6.54 Å². The van der Waals surface area contributed by atoms with E-state index in [1.165, 1.54) is 17.7 Å². The maximum atomic E-state index is 12.3. The lowest BCUT2D eigenvalue weighted by Gasteiger charge is -2.20. The molecular weight excluding hydrogens is 274 g/mol. The number of fused-ring (bicyclic) bond motifs is 1. The van der Waals surface area contributed by atoms with Crippen LogP contribution in [0.5, 0.6) is 0 Å². The molecule has 0 saturated heterocycles. The predicted molar refractivity (Wildman–Crippen MR) is 81.5 cm³/mol. The number of carbonyl (C=O) groups is 1. The summed E-state index contributed by atoms with van der Waals surface area (Å²) in [6.07, 6.45) is 1.53. The van der Waals surface area contributed by atoms with E-state index in [-0.39, 0.29) is 17.0 Å². The van der Waals surface area contributed by atoms with Crippen molar-refractivity contribution in [1.29, 1.82) is 0 Å². The van der Waals surface area contributed by atoms with Crippen molar-refractivity contribution in [2.75, 3.05) is 0 Å². The number of thiophene rings is 1. The first-order chi connectivity index (χ1) is 9.24. The molecule has 2 rings (SSSR count). The molecule has 1 N–H and O–H groups in total. The van der Waals surface area contributed by atoms with E-state index >= 15 is 0 Å². The van der Waals surface area contributed by atoms with Crippen LogP contribution in [0.15, 0.2) is 11.1 Å². The third-order valence-electron chi connectivity index (χ3n) is 2.95. The van der Waals surface area contributed by atoms with Crippen LogP contribution >= 0.6 is 11.3 Å². The molecule has 0 aliphatic carbocycles. The van der Waals surface area contributed by atoms with E-state index in [4.69, 9.17) is 0 Å². The second-order valence-electron chi connectivity index (χ2n) is 5.78. The van der Waals surface area contributed by atoms with E-state index in [2.05, 4.69) is 10.3 Å². The van der Waals surface area contributed by atoms with Crippen molar-refractivity contribution in [2.24, 2.45) is 0 Å². The van der Waals surface area contributed by atoms with Gasteiger partial charge in [0.05, 0.1) is 16.6 Å². The van der Waals surface area contributed by atoms with Gasteiger partial charge in [0.1, 0.15) is 4.83 Å². The Hall–Kier alpha value is -1.69. The van der Waals surface area contributed by atoms with Crippen LogP contribution in [0.4, 0.5) is 0 Å². The highest BCUT2D eigenvalue weighted by Crippen LogP contribution is 2.27. The number of carbonyl (C=O) groups excluding carboxylic acids is 1. The Kier molecular flexibility index (Phi) is 3.69. The summed E-state index contributed by atoms with van der Waals surface area (Å²) in [5.74, 6) is -0.152. The molecule has 0 aliphatic rings. The number of hydrogen-bond donors (Lipinski definition) is 1. The summed E-state index contributed by atoms with van der Waals surface area (Å²) in [6, 6.07) is 0. The molecule has 0 atom stereocenters. The topological polar surface area (TPSA) is 64.0 Å². The molecule has 1 amide bonds. The third-order valence-corrected chi connectivity index (χ3v) is 4.15. The van der Waals surface area contributed by atoms with Crippen molar-refractivity contribution < 1.29 is 4.79 Å². The van der Waals surface area contributed by atoms with Gasteiger partial charge in [-0.1, -0.05) is 0 Å². The minimum Gasteiger partial charge on any atom is -0.347 e. The van der Waals surface area contributed by atoms with E-state index in [9.17, 15) is 9.59 Å². The van der Waals surface area contributed by atoms with Gasteiger partial charge in [0.15, 0.2) is 0 Å². The molecule has 2 heterocycles. The van der Waals surface area contributed by atoms with Crippen molar-refractivity contribution >= 4 is 27.5 Å². The van der Waals surface area contributed by atoms with E-state index in [1.807, 2.05) is 27.7 Å². The lowest BCUT2D eigenvalue weighted by Crippen LogP contribution is -2.40. The highest BCUT2D eigenvalue weighted by molar-refractivity contribution is 7.20. The monoisotopic (exact) mass is 293 g/mol. The van der Waals surface area contributed by atoms with Gasteiger partial charge < -0.3 is 5.32 Å². The van der Waals surface area contributed by atoms with Gasteiger partial charge in [-0.2, -0.15) is 0 Å². The summed E-state index contributed by atoms with van der Waals surface area (Å²) in [7, 11) is 0. The Morgan fingerprint density at radius 2 is 2.10 bits per heavy atom. The maximum absolute atomic E-state index is 12.3.